The molecule has 0 spiro atoms. The number of aromatic nitrogens is 4. The number of fused-ring (bicyclic) bond motifs is 6. The van der Waals surface area contributed by atoms with Gasteiger partial charge in [0.05, 0.1) is 23.1 Å². The zero-order chi connectivity index (χ0) is 17.3. The molecule has 0 aromatic carbocycles. The number of oxazole rings is 1. The van der Waals surface area contributed by atoms with Crippen LogP contribution in [0.15, 0.2) is 16.7 Å². The summed E-state index contributed by atoms with van der Waals surface area (Å²) < 4.78 is 7.53. The van der Waals surface area contributed by atoms with Gasteiger partial charge in [-0.2, -0.15) is 5.10 Å². The monoisotopic (exact) mass is 337 g/mol. The van der Waals surface area contributed by atoms with Crippen molar-refractivity contribution in [3.63, 3.8) is 0 Å². The molecule has 0 radical (unpaired) electrons. The number of carbonyl (C=O) groups excluding carboxylic acids is 1. The van der Waals surface area contributed by atoms with E-state index in [4.69, 9.17) is 4.42 Å². The van der Waals surface area contributed by atoms with Gasteiger partial charge in [-0.25, -0.2) is 14.5 Å². The molecule has 7 heteroatoms. The van der Waals surface area contributed by atoms with E-state index in [9.17, 15) is 4.79 Å². The van der Waals surface area contributed by atoms with Gasteiger partial charge in [0, 0.05) is 37.2 Å². The van der Waals surface area contributed by atoms with E-state index in [2.05, 4.69) is 15.1 Å². The third-order valence-corrected chi connectivity index (χ3v) is 5.36. The Morgan fingerprint density at radius 3 is 2.88 bits per heavy atom. The minimum Gasteiger partial charge on any atom is -0.436 e. The Labute approximate surface area is 144 Å². The summed E-state index contributed by atoms with van der Waals surface area (Å²) in [4.78, 5) is 23.9. The molecule has 0 N–H and O–H groups in total. The third kappa shape index (κ3) is 1.98. The molecule has 0 aliphatic carbocycles. The van der Waals surface area contributed by atoms with Crippen LogP contribution < -0.4 is 0 Å². The first-order valence-electron chi connectivity index (χ1n) is 8.64. The summed E-state index contributed by atoms with van der Waals surface area (Å²) in [7, 11) is 0. The van der Waals surface area contributed by atoms with Gasteiger partial charge in [-0.05, 0) is 26.7 Å². The normalized spacial score (nSPS) is 21.8. The van der Waals surface area contributed by atoms with Crippen LogP contribution in [0, 0.1) is 20.8 Å². The first-order chi connectivity index (χ1) is 12.0. The van der Waals surface area contributed by atoms with Gasteiger partial charge in [0.1, 0.15) is 0 Å². The van der Waals surface area contributed by atoms with Crippen molar-refractivity contribution < 1.29 is 9.21 Å². The molecule has 7 nitrogen and oxygen atoms in total. The van der Waals surface area contributed by atoms with Gasteiger partial charge in [-0.15, -0.1) is 0 Å². The number of carbonyl (C=O) groups is 1. The van der Waals surface area contributed by atoms with Crippen LogP contribution >= 0.6 is 0 Å². The highest BCUT2D eigenvalue weighted by Gasteiger charge is 2.45. The lowest BCUT2D eigenvalue weighted by molar-refractivity contribution is 0.0607. The van der Waals surface area contributed by atoms with Crippen LogP contribution in [0.4, 0.5) is 0 Å². The van der Waals surface area contributed by atoms with Crippen molar-refractivity contribution in [1.82, 2.24) is 24.5 Å². The highest BCUT2D eigenvalue weighted by molar-refractivity contribution is 5.93. The van der Waals surface area contributed by atoms with E-state index in [0.717, 1.165) is 36.2 Å². The van der Waals surface area contributed by atoms with Crippen LogP contribution in [-0.2, 0) is 6.42 Å². The summed E-state index contributed by atoms with van der Waals surface area (Å²) in [6.45, 7) is 5.56. The number of aryl methyl sites for hydroxylation is 3. The van der Waals surface area contributed by atoms with E-state index in [1.807, 2.05) is 35.5 Å². The van der Waals surface area contributed by atoms with Gasteiger partial charge >= 0.3 is 0 Å². The first-order valence-corrected chi connectivity index (χ1v) is 8.64. The summed E-state index contributed by atoms with van der Waals surface area (Å²) in [5.74, 6) is 0.829. The molecule has 0 saturated carbocycles. The van der Waals surface area contributed by atoms with Crippen molar-refractivity contribution >= 4 is 11.6 Å². The topological polar surface area (TPSA) is 76.5 Å². The number of hydrogen-bond acceptors (Lipinski definition) is 5. The number of rotatable bonds is 1. The lowest BCUT2D eigenvalue weighted by Gasteiger charge is -2.35. The van der Waals surface area contributed by atoms with Crippen molar-refractivity contribution in [2.45, 2.75) is 52.1 Å². The molecule has 2 aliphatic rings. The van der Waals surface area contributed by atoms with Crippen molar-refractivity contribution in [2.24, 2.45) is 0 Å². The van der Waals surface area contributed by atoms with E-state index >= 15 is 0 Å². The van der Waals surface area contributed by atoms with E-state index < -0.39 is 0 Å². The van der Waals surface area contributed by atoms with Gasteiger partial charge in [-0.3, -0.25) is 4.79 Å². The average Bonchev–Trinajstić information content (AvgIpc) is 3.21. The van der Waals surface area contributed by atoms with Gasteiger partial charge in [-0.1, -0.05) is 0 Å². The fourth-order valence-corrected chi connectivity index (χ4v) is 4.36. The zero-order valence-electron chi connectivity index (χ0n) is 14.5. The molecule has 25 heavy (non-hydrogen) atoms. The molecular formula is C18H19N5O2. The highest BCUT2D eigenvalue weighted by atomic mass is 16.4. The molecule has 2 aliphatic heterocycles. The van der Waals surface area contributed by atoms with Crippen molar-refractivity contribution in [1.29, 1.82) is 0 Å². The fourth-order valence-electron chi connectivity index (χ4n) is 4.36. The molecule has 2 bridgehead atoms. The van der Waals surface area contributed by atoms with Crippen LogP contribution in [0.5, 0.6) is 0 Å². The Morgan fingerprint density at radius 1 is 1.28 bits per heavy atom. The Balaban J connectivity index is 1.60. The van der Waals surface area contributed by atoms with Crippen LogP contribution in [0.3, 0.4) is 0 Å². The summed E-state index contributed by atoms with van der Waals surface area (Å²) in [6, 6.07) is 2.19. The maximum Gasteiger partial charge on any atom is 0.292 e. The Hall–Kier alpha value is -2.70. The molecule has 1 saturated heterocycles. The third-order valence-electron chi connectivity index (χ3n) is 5.36. The van der Waals surface area contributed by atoms with E-state index in [-0.39, 0.29) is 18.0 Å². The lowest BCUT2D eigenvalue weighted by Crippen LogP contribution is -2.42. The maximum absolute atomic E-state index is 13.1. The van der Waals surface area contributed by atoms with Gasteiger partial charge < -0.3 is 9.32 Å². The lowest BCUT2D eigenvalue weighted by atomic mass is 9.98. The Kier molecular flexibility index (Phi) is 2.87. The molecule has 3 aromatic rings. The van der Waals surface area contributed by atoms with Crippen molar-refractivity contribution in [2.75, 3.05) is 0 Å². The maximum atomic E-state index is 13.1. The van der Waals surface area contributed by atoms with Gasteiger partial charge in [0.25, 0.3) is 5.91 Å². The van der Waals surface area contributed by atoms with Crippen molar-refractivity contribution in [3.8, 4) is 0 Å². The van der Waals surface area contributed by atoms with Gasteiger partial charge in [0.15, 0.2) is 11.5 Å². The summed E-state index contributed by atoms with van der Waals surface area (Å²) in [5, 5.41) is 4.59. The van der Waals surface area contributed by atoms with Crippen LogP contribution in [0.2, 0.25) is 0 Å². The van der Waals surface area contributed by atoms with E-state index in [1.54, 1.807) is 6.92 Å². The molecule has 128 valence electrons. The van der Waals surface area contributed by atoms with Gasteiger partial charge in [0.2, 0.25) is 5.76 Å². The molecule has 3 aromatic heterocycles. The number of hydrogen-bond donors (Lipinski definition) is 0. The Morgan fingerprint density at radius 2 is 2.12 bits per heavy atom. The van der Waals surface area contributed by atoms with E-state index in [0.29, 0.717) is 17.3 Å². The van der Waals surface area contributed by atoms with Crippen LogP contribution in [-0.4, -0.2) is 36.4 Å². The Bertz CT molecular complexity index is 1020. The molecule has 1 amide bonds. The minimum atomic E-state index is -0.0620. The predicted molar refractivity (Wildman–Crippen MR) is 89.3 cm³/mol. The van der Waals surface area contributed by atoms with Crippen LogP contribution in [0.25, 0.3) is 5.65 Å². The SMILES string of the molecule is Cc1cc2ncc3c(n2n1)C[C@@H]1CC[C@@H]3N1C(=O)c1oc(C)nc1C. The highest BCUT2D eigenvalue weighted by Crippen LogP contribution is 2.44. The first kappa shape index (κ1) is 14.6. The summed E-state index contributed by atoms with van der Waals surface area (Å²) in [5.41, 5.74) is 4.77. The van der Waals surface area contributed by atoms with Crippen molar-refractivity contribution in [3.05, 3.63) is 46.6 Å². The molecule has 5 heterocycles. The largest absolute Gasteiger partial charge is 0.436 e. The number of nitrogens with zero attached hydrogens (tertiary/aromatic N) is 5. The number of amides is 1. The molecule has 0 unspecified atom stereocenters. The second-order valence-electron chi connectivity index (χ2n) is 7.03. The fraction of sp³-hybridized carbons (Fsp3) is 0.444. The smallest absolute Gasteiger partial charge is 0.292 e. The average molecular weight is 337 g/mol. The second kappa shape index (κ2) is 4.91. The molecule has 2 atom stereocenters. The zero-order valence-corrected chi connectivity index (χ0v) is 14.5. The minimum absolute atomic E-state index is 0.0347. The van der Waals surface area contributed by atoms with Crippen LogP contribution in [0.1, 0.15) is 58.0 Å². The molecular weight excluding hydrogens is 318 g/mol. The summed E-state index contributed by atoms with van der Waals surface area (Å²) >= 11 is 0. The predicted octanol–water partition coefficient (Wildman–Crippen LogP) is 2.54. The second-order valence-corrected chi connectivity index (χ2v) is 7.03. The standard InChI is InChI=1S/C18H19N5O2/c1-9-6-16-19-8-13-14-5-4-12(7-15(13)23(16)21-9)22(14)18(24)17-10(2)20-11(3)25-17/h6,8,12,14H,4-5,7H2,1-3H3/t12-,14-/m0/s1. The molecule has 5 rings (SSSR count). The molecule has 1 fully saturated rings. The quantitative estimate of drug-likeness (QED) is 0.682. The van der Waals surface area contributed by atoms with E-state index in [1.165, 1.54) is 5.69 Å². The summed E-state index contributed by atoms with van der Waals surface area (Å²) in [6.07, 6.45) is 4.64.